The largest absolute Gasteiger partial charge is 0.497 e. The lowest BCUT2D eigenvalue weighted by Gasteiger charge is -2.30. The normalized spacial score (nSPS) is 13.4. The first-order chi connectivity index (χ1) is 14.0. The number of ether oxygens (including phenoxy) is 1. The molecule has 0 radical (unpaired) electrons. The fourth-order valence-corrected chi connectivity index (χ4v) is 5.92. The van der Waals surface area contributed by atoms with E-state index in [-0.39, 0.29) is 4.90 Å². The van der Waals surface area contributed by atoms with Gasteiger partial charge in [-0.3, -0.25) is 9.29 Å². The number of hydrogen-bond acceptors (Lipinski definition) is 6. The van der Waals surface area contributed by atoms with Crippen molar-refractivity contribution in [1.82, 2.24) is 4.98 Å². The Labute approximate surface area is 173 Å². The quantitative estimate of drug-likeness (QED) is 0.632. The molecule has 1 aliphatic heterocycles. The van der Waals surface area contributed by atoms with Crippen LogP contribution in [-0.4, -0.2) is 32.8 Å². The Morgan fingerprint density at radius 3 is 2.48 bits per heavy atom. The number of nitriles is 1. The van der Waals surface area contributed by atoms with E-state index in [0.717, 1.165) is 16.0 Å². The standard InChI is InChI=1S/C21H17N3O3S2/c1-27-17-6-8-18(9-7-17)29(25,26)24-10-11-28-21-19(13-23-14-20(21)24)16-4-2-15(12-22)3-5-16/h2-9,13-14H,10-11H2,1H3. The maximum Gasteiger partial charge on any atom is 0.264 e. The second kappa shape index (κ2) is 7.78. The van der Waals surface area contributed by atoms with Gasteiger partial charge in [0.15, 0.2) is 0 Å². The molecule has 2 aromatic carbocycles. The van der Waals surface area contributed by atoms with Gasteiger partial charge in [0, 0.05) is 29.0 Å². The minimum atomic E-state index is -3.73. The first-order valence-electron chi connectivity index (χ1n) is 8.83. The molecule has 0 amide bonds. The highest BCUT2D eigenvalue weighted by atomic mass is 32.2. The fourth-order valence-electron chi connectivity index (χ4n) is 3.17. The first kappa shape index (κ1) is 19.3. The number of benzene rings is 2. The second-order valence-corrected chi connectivity index (χ2v) is 9.29. The molecule has 29 heavy (non-hydrogen) atoms. The molecule has 1 aromatic heterocycles. The van der Waals surface area contributed by atoms with Crippen molar-refractivity contribution in [2.24, 2.45) is 0 Å². The van der Waals surface area contributed by atoms with E-state index in [1.807, 2.05) is 12.1 Å². The lowest BCUT2D eigenvalue weighted by Crippen LogP contribution is -2.35. The second-order valence-electron chi connectivity index (χ2n) is 6.33. The van der Waals surface area contributed by atoms with Crippen molar-refractivity contribution in [3.63, 3.8) is 0 Å². The molecule has 6 nitrogen and oxygen atoms in total. The van der Waals surface area contributed by atoms with E-state index in [4.69, 9.17) is 10.00 Å². The van der Waals surface area contributed by atoms with Crippen molar-refractivity contribution in [1.29, 1.82) is 5.26 Å². The predicted molar refractivity (Wildman–Crippen MR) is 113 cm³/mol. The highest BCUT2D eigenvalue weighted by Crippen LogP contribution is 2.43. The molecule has 0 saturated heterocycles. The van der Waals surface area contributed by atoms with E-state index in [1.165, 1.54) is 11.4 Å². The number of pyridine rings is 1. The number of aromatic nitrogens is 1. The maximum atomic E-state index is 13.3. The topological polar surface area (TPSA) is 83.3 Å². The summed E-state index contributed by atoms with van der Waals surface area (Å²) in [5.74, 6) is 1.23. The molecule has 0 unspecified atom stereocenters. The highest BCUT2D eigenvalue weighted by Gasteiger charge is 2.31. The van der Waals surface area contributed by atoms with Crippen LogP contribution in [0, 0.1) is 11.3 Å². The van der Waals surface area contributed by atoms with Crippen LogP contribution in [0.5, 0.6) is 5.75 Å². The van der Waals surface area contributed by atoms with Gasteiger partial charge >= 0.3 is 0 Å². The predicted octanol–water partition coefficient (Wildman–Crippen LogP) is 3.93. The summed E-state index contributed by atoms with van der Waals surface area (Å²) < 4.78 is 33.1. The zero-order valence-electron chi connectivity index (χ0n) is 15.6. The van der Waals surface area contributed by atoms with Gasteiger partial charge in [-0.15, -0.1) is 11.8 Å². The number of anilines is 1. The van der Waals surface area contributed by atoms with Gasteiger partial charge in [0.2, 0.25) is 0 Å². The summed E-state index contributed by atoms with van der Waals surface area (Å²) >= 11 is 1.61. The van der Waals surface area contributed by atoms with E-state index in [9.17, 15) is 8.42 Å². The Kier molecular flexibility index (Phi) is 5.18. The van der Waals surface area contributed by atoms with E-state index in [1.54, 1.807) is 60.6 Å². The minimum Gasteiger partial charge on any atom is -0.497 e. The summed E-state index contributed by atoms with van der Waals surface area (Å²) in [5.41, 5.74) is 2.89. The van der Waals surface area contributed by atoms with Gasteiger partial charge in [-0.2, -0.15) is 5.26 Å². The Bertz CT molecular complexity index is 1190. The molecule has 3 aromatic rings. The molecule has 0 fully saturated rings. The third-order valence-electron chi connectivity index (χ3n) is 4.66. The smallest absolute Gasteiger partial charge is 0.264 e. The van der Waals surface area contributed by atoms with Crippen LogP contribution in [0.1, 0.15) is 5.56 Å². The first-order valence-corrected chi connectivity index (χ1v) is 11.3. The monoisotopic (exact) mass is 423 g/mol. The van der Waals surface area contributed by atoms with Crippen LogP contribution in [-0.2, 0) is 10.0 Å². The van der Waals surface area contributed by atoms with Crippen molar-refractivity contribution in [3.8, 4) is 22.9 Å². The van der Waals surface area contributed by atoms with Gasteiger partial charge in [0.1, 0.15) is 5.75 Å². The minimum absolute atomic E-state index is 0.208. The SMILES string of the molecule is COc1ccc(S(=O)(=O)N2CCSc3c(-c4ccc(C#N)cc4)cncc32)cc1. The van der Waals surface area contributed by atoms with Crippen molar-refractivity contribution in [2.75, 3.05) is 23.7 Å². The molecule has 4 rings (SSSR count). The van der Waals surface area contributed by atoms with Gasteiger partial charge in [-0.05, 0) is 42.0 Å². The molecule has 0 aliphatic carbocycles. The molecule has 0 spiro atoms. The van der Waals surface area contributed by atoms with Crippen molar-refractivity contribution < 1.29 is 13.2 Å². The van der Waals surface area contributed by atoms with E-state index in [0.29, 0.717) is 29.3 Å². The van der Waals surface area contributed by atoms with Crippen LogP contribution in [0.2, 0.25) is 0 Å². The Hall–Kier alpha value is -3.02. The van der Waals surface area contributed by atoms with Crippen molar-refractivity contribution >= 4 is 27.5 Å². The van der Waals surface area contributed by atoms with Crippen LogP contribution in [0.3, 0.4) is 0 Å². The number of fused-ring (bicyclic) bond motifs is 1. The molecule has 146 valence electrons. The number of hydrogen-bond donors (Lipinski definition) is 0. The number of sulfonamides is 1. The summed E-state index contributed by atoms with van der Waals surface area (Å²) in [6, 6.07) is 15.7. The molecule has 8 heteroatoms. The third kappa shape index (κ3) is 3.55. The van der Waals surface area contributed by atoms with Crippen LogP contribution in [0.15, 0.2) is 70.7 Å². The van der Waals surface area contributed by atoms with Crippen LogP contribution >= 0.6 is 11.8 Å². The molecule has 0 atom stereocenters. The van der Waals surface area contributed by atoms with Gasteiger partial charge < -0.3 is 4.74 Å². The Balaban J connectivity index is 1.77. The zero-order chi connectivity index (χ0) is 20.4. The number of thioether (sulfide) groups is 1. The summed E-state index contributed by atoms with van der Waals surface area (Å²) in [6.07, 6.45) is 3.33. The molecule has 0 saturated carbocycles. The molecular formula is C21H17N3O3S2. The lowest BCUT2D eigenvalue weighted by molar-refractivity contribution is 0.414. The molecule has 0 bridgehead atoms. The fraction of sp³-hybridized carbons (Fsp3) is 0.143. The van der Waals surface area contributed by atoms with Crippen LogP contribution < -0.4 is 9.04 Å². The van der Waals surface area contributed by atoms with Gasteiger partial charge in [0.25, 0.3) is 10.0 Å². The molecule has 1 aliphatic rings. The average Bonchev–Trinajstić information content (AvgIpc) is 2.78. The molecule has 2 heterocycles. The summed E-state index contributed by atoms with van der Waals surface area (Å²) in [4.78, 5) is 5.37. The maximum absolute atomic E-state index is 13.3. The van der Waals surface area contributed by atoms with Gasteiger partial charge in [-0.25, -0.2) is 8.42 Å². The lowest BCUT2D eigenvalue weighted by atomic mass is 10.1. The summed E-state index contributed by atoms with van der Waals surface area (Å²) in [6.45, 7) is 0.366. The van der Waals surface area contributed by atoms with Gasteiger partial charge in [-0.1, -0.05) is 12.1 Å². The number of nitrogens with zero attached hydrogens (tertiary/aromatic N) is 3. The summed E-state index contributed by atoms with van der Waals surface area (Å²) in [7, 11) is -2.19. The van der Waals surface area contributed by atoms with E-state index >= 15 is 0 Å². The van der Waals surface area contributed by atoms with Crippen LogP contribution in [0.25, 0.3) is 11.1 Å². The Morgan fingerprint density at radius 1 is 1.10 bits per heavy atom. The highest BCUT2D eigenvalue weighted by molar-refractivity contribution is 8.00. The van der Waals surface area contributed by atoms with Crippen molar-refractivity contribution in [2.45, 2.75) is 9.79 Å². The van der Waals surface area contributed by atoms with Crippen molar-refractivity contribution in [3.05, 3.63) is 66.5 Å². The third-order valence-corrected chi connectivity index (χ3v) is 7.59. The van der Waals surface area contributed by atoms with Gasteiger partial charge in [0.05, 0.1) is 35.5 Å². The average molecular weight is 424 g/mol. The zero-order valence-corrected chi connectivity index (χ0v) is 17.2. The molecular weight excluding hydrogens is 406 g/mol. The number of methoxy groups -OCH3 is 1. The van der Waals surface area contributed by atoms with Crippen LogP contribution in [0.4, 0.5) is 5.69 Å². The number of rotatable bonds is 4. The molecule has 0 N–H and O–H groups in total. The van der Waals surface area contributed by atoms with E-state index < -0.39 is 10.0 Å². The summed E-state index contributed by atoms with van der Waals surface area (Å²) in [5, 5.41) is 9.01. The van der Waals surface area contributed by atoms with E-state index in [2.05, 4.69) is 11.1 Å². The Morgan fingerprint density at radius 2 is 1.83 bits per heavy atom.